The van der Waals surface area contributed by atoms with Crippen LogP contribution >= 0.6 is 11.3 Å². The van der Waals surface area contributed by atoms with Crippen LogP contribution in [-0.4, -0.2) is 16.3 Å². The molecule has 7 aromatic rings. The molecule has 0 saturated carbocycles. The van der Waals surface area contributed by atoms with Crippen LogP contribution in [0.1, 0.15) is 61.8 Å². The highest BCUT2D eigenvalue weighted by atomic mass is 32.1. The number of thiophene rings is 1. The van der Waals surface area contributed by atoms with Gasteiger partial charge in [-0.3, -0.25) is 4.99 Å². The minimum Gasteiger partial charge on any atom is -0.280 e. The molecule has 0 aliphatic carbocycles. The zero-order chi connectivity index (χ0) is 33.4. The number of fused-ring (bicyclic) bond motifs is 11. The highest BCUT2D eigenvalue weighted by molar-refractivity contribution is 7.25. The number of benzene rings is 5. The Bertz CT molecular complexity index is 2500. The number of aromatic nitrogens is 2. The van der Waals surface area contributed by atoms with E-state index in [0.717, 1.165) is 47.7 Å². The van der Waals surface area contributed by atoms with E-state index in [-0.39, 0.29) is 17.4 Å². The zero-order valence-electron chi connectivity index (χ0n) is 28.4. The van der Waals surface area contributed by atoms with Crippen molar-refractivity contribution in [2.75, 3.05) is 0 Å². The molecule has 0 spiro atoms. The maximum absolute atomic E-state index is 5.40. The predicted octanol–water partition coefficient (Wildman–Crippen LogP) is 11.2. The van der Waals surface area contributed by atoms with Crippen LogP contribution in [0.3, 0.4) is 0 Å². The Morgan fingerprint density at radius 1 is 0.837 bits per heavy atom. The van der Waals surface area contributed by atoms with E-state index >= 15 is 0 Å². The first-order valence-electron chi connectivity index (χ1n) is 17.4. The molecule has 2 aliphatic rings. The van der Waals surface area contributed by atoms with Gasteiger partial charge in [-0.2, -0.15) is 9.13 Å². The number of allylic oxidation sites excluding steroid dienone is 1. The highest BCUT2D eigenvalue weighted by Gasteiger charge is 2.37. The SMILES string of the molecule is C=CC1=NC2CC(=C)n3c([n+](-c4ccc(C(C)(C)C)cc4)c4ccccc43)-c3cc4sc5ccccc5c4cc3CCC2c2ccccc21. The van der Waals surface area contributed by atoms with E-state index in [0.29, 0.717) is 0 Å². The van der Waals surface area contributed by atoms with Crippen LogP contribution in [-0.2, 0) is 11.8 Å². The lowest BCUT2D eigenvalue weighted by Crippen LogP contribution is -2.34. The van der Waals surface area contributed by atoms with Crippen molar-refractivity contribution in [2.24, 2.45) is 4.99 Å². The maximum Gasteiger partial charge on any atom is 0.300 e. The van der Waals surface area contributed by atoms with Crippen LogP contribution in [0.2, 0.25) is 0 Å². The summed E-state index contributed by atoms with van der Waals surface area (Å²) in [7, 11) is 0. The molecule has 5 aromatic carbocycles. The first kappa shape index (κ1) is 30.0. The first-order chi connectivity index (χ1) is 23.8. The highest BCUT2D eigenvalue weighted by Crippen LogP contribution is 2.44. The molecule has 0 amide bonds. The molecule has 240 valence electrons. The molecule has 9 rings (SSSR count). The van der Waals surface area contributed by atoms with Gasteiger partial charge in [-0.25, -0.2) is 0 Å². The van der Waals surface area contributed by atoms with Gasteiger partial charge in [-0.15, -0.1) is 11.3 Å². The molecule has 49 heavy (non-hydrogen) atoms. The minimum atomic E-state index is 0.0659. The number of nitrogens with zero attached hydrogens (tertiary/aromatic N) is 3. The van der Waals surface area contributed by atoms with Gasteiger partial charge in [0.05, 0.1) is 17.3 Å². The third-order valence-electron chi connectivity index (χ3n) is 10.7. The van der Waals surface area contributed by atoms with Crippen molar-refractivity contribution in [1.82, 2.24) is 4.57 Å². The van der Waals surface area contributed by atoms with E-state index < -0.39 is 0 Å². The van der Waals surface area contributed by atoms with Crippen molar-refractivity contribution < 1.29 is 4.57 Å². The number of aliphatic imine (C=N–C) groups is 1. The molecule has 2 aromatic heterocycles. The summed E-state index contributed by atoms with van der Waals surface area (Å²) >= 11 is 1.89. The number of imidazole rings is 1. The largest absolute Gasteiger partial charge is 0.300 e. The van der Waals surface area contributed by atoms with Gasteiger partial charge in [-0.1, -0.05) is 101 Å². The number of para-hydroxylation sites is 2. The summed E-state index contributed by atoms with van der Waals surface area (Å²) in [6, 6.07) is 40.7. The molecule has 2 aliphatic heterocycles. The van der Waals surface area contributed by atoms with Crippen LogP contribution < -0.4 is 4.57 Å². The lowest BCUT2D eigenvalue weighted by atomic mass is 9.78. The Morgan fingerprint density at radius 2 is 1.59 bits per heavy atom. The Hall–Kier alpha value is -5.06. The third-order valence-corrected chi connectivity index (χ3v) is 11.8. The van der Waals surface area contributed by atoms with Gasteiger partial charge >= 0.3 is 0 Å². The topological polar surface area (TPSA) is 21.2 Å². The van der Waals surface area contributed by atoms with Gasteiger partial charge in [0.1, 0.15) is 11.4 Å². The molecule has 0 saturated heterocycles. The van der Waals surface area contributed by atoms with Gasteiger partial charge in [-0.05, 0) is 83.5 Å². The Labute approximate surface area is 292 Å². The quantitative estimate of drug-likeness (QED) is 0.166. The summed E-state index contributed by atoms with van der Waals surface area (Å²) in [5.41, 5.74) is 12.2. The van der Waals surface area contributed by atoms with Crippen molar-refractivity contribution in [2.45, 2.75) is 57.4 Å². The Morgan fingerprint density at radius 3 is 2.41 bits per heavy atom. The van der Waals surface area contributed by atoms with E-state index in [2.05, 4.69) is 146 Å². The molecule has 4 heteroatoms. The normalized spacial score (nSPS) is 17.7. The first-order valence-corrected chi connectivity index (χ1v) is 18.2. The molecule has 4 heterocycles. The monoisotopic (exact) mass is 654 g/mol. The molecule has 0 radical (unpaired) electrons. The second kappa shape index (κ2) is 11.2. The molecule has 2 atom stereocenters. The maximum atomic E-state index is 5.40. The van der Waals surface area contributed by atoms with Gasteiger partial charge in [0.15, 0.2) is 11.0 Å². The van der Waals surface area contributed by atoms with E-state index in [4.69, 9.17) is 11.6 Å². The third kappa shape index (κ3) is 4.76. The fourth-order valence-electron chi connectivity index (χ4n) is 8.28. The van der Waals surface area contributed by atoms with Gasteiger partial charge in [0.2, 0.25) is 0 Å². The average molecular weight is 655 g/mol. The molecule has 0 N–H and O–H groups in total. The second-order valence-electron chi connectivity index (χ2n) is 14.7. The predicted molar refractivity (Wildman–Crippen MR) is 208 cm³/mol. The number of aryl methyl sites for hydroxylation is 1. The van der Waals surface area contributed by atoms with Gasteiger partial charge in [0, 0.05) is 38.1 Å². The zero-order valence-corrected chi connectivity index (χ0v) is 29.2. The van der Waals surface area contributed by atoms with E-state index in [9.17, 15) is 0 Å². The lowest BCUT2D eigenvalue weighted by Gasteiger charge is -2.32. The molecular formula is C45H40N3S+. The van der Waals surface area contributed by atoms with Crippen LogP contribution in [0.15, 0.2) is 133 Å². The summed E-state index contributed by atoms with van der Waals surface area (Å²) in [6.07, 6.45) is 4.63. The summed E-state index contributed by atoms with van der Waals surface area (Å²) < 4.78 is 7.55. The lowest BCUT2D eigenvalue weighted by molar-refractivity contribution is -0.555. The summed E-state index contributed by atoms with van der Waals surface area (Å²) in [6.45, 7) is 15.9. The molecule has 2 unspecified atom stereocenters. The summed E-state index contributed by atoms with van der Waals surface area (Å²) in [5.74, 6) is 1.44. The van der Waals surface area contributed by atoms with Crippen LogP contribution in [0, 0.1) is 0 Å². The molecule has 3 nitrogen and oxygen atoms in total. The smallest absolute Gasteiger partial charge is 0.280 e. The van der Waals surface area contributed by atoms with E-state index in [1.165, 1.54) is 53.5 Å². The van der Waals surface area contributed by atoms with Crippen molar-refractivity contribution in [3.05, 3.63) is 151 Å². The Kier molecular flexibility index (Phi) is 6.89. The standard InChI is InChI=1S/C45H40N3S/c1-6-38-33-14-8-7-13-32(33)34-24-19-29-26-37-35-15-9-12-18-42(35)49-43(37)27-36(29)44-47(28(2)25-39(34)46-38)40-16-10-11-17-41(40)48(44)31-22-20-30(21-23-31)45(3,4)5/h6-18,20-23,26-27,34,39H,1-2,19,24-25H2,3-5H3/q+1. The van der Waals surface area contributed by atoms with Gasteiger partial charge < -0.3 is 0 Å². The van der Waals surface area contributed by atoms with Crippen molar-refractivity contribution in [1.29, 1.82) is 0 Å². The Balaban J connectivity index is 1.36. The second-order valence-corrected chi connectivity index (χ2v) is 15.8. The number of hydrogen-bond donors (Lipinski definition) is 0. The minimum absolute atomic E-state index is 0.0659. The van der Waals surface area contributed by atoms with E-state index in [1.54, 1.807) is 0 Å². The molecule has 0 bridgehead atoms. The van der Waals surface area contributed by atoms with Crippen molar-refractivity contribution >= 4 is 54.0 Å². The van der Waals surface area contributed by atoms with Gasteiger partial charge in [0.25, 0.3) is 5.82 Å². The van der Waals surface area contributed by atoms with Crippen LogP contribution in [0.4, 0.5) is 0 Å². The number of hydrogen-bond acceptors (Lipinski definition) is 2. The summed E-state index contributed by atoms with van der Waals surface area (Å²) in [4.78, 5) is 5.40. The fraction of sp³-hybridized carbons (Fsp3) is 0.200. The average Bonchev–Trinajstić information content (AvgIpc) is 3.65. The van der Waals surface area contributed by atoms with E-state index in [1.807, 2.05) is 17.4 Å². The summed E-state index contributed by atoms with van der Waals surface area (Å²) in [5, 5.41) is 2.67. The van der Waals surface area contributed by atoms with Crippen molar-refractivity contribution in [3.8, 4) is 17.1 Å². The number of rotatable bonds is 2. The molecule has 0 fully saturated rings. The fourth-order valence-corrected chi connectivity index (χ4v) is 9.40. The molecular weight excluding hydrogens is 615 g/mol. The van der Waals surface area contributed by atoms with Crippen LogP contribution in [0.25, 0.3) is 54.0 Å². The van der Waals surface area contributed by atoms with Crippen LogP contribution in [0.5, 0.6) is 0 Å². The van der Waals surface area contributed by atoms with Crippen molar-refractivity contribution in [3.63, 3.8) is 0 Å².